The molecule has 0 bridgehead atoms. The lowest BCUT2D eigenvalue weighted by Crippen LogP contribution is -2.34. The van der Waals surface area contributed by atoms with E-state index in [0.29, 0.717) is 6.42 Å². The van der Waals surface area contributed by atoms with Gasteiger partial charge >= 0.3 is 0 Å². The molecule has 0 aliphatic heterocycles. The number of sulfonamides is 1. The lowest BCUT2D eigenvalue weighted by atomic mass is 10.2. The topological polar surface area (TPSA) is 115 Å². The number of nitrogen functional groups attached to an aromatic ring is 1. The number of benzene rings is 1. The molecule has 8 heteroatoms. The number of terminal acetylenes is 1. The van der Waals surface area contributed by atoms with Crippen LogP contribution in [0.15, 0.2) is 23.1 Å². The minimum atomic E-state index is -3.87. The largest absolute Gasteiger partial charge is 0.393 e. The molecule has 0 aliphatic carbocycles. The Labute approximate surface area is 117 Å². The molecule has 1 rings (SSSR count). The third-order valence-electron chi connectivity index (χ3n) is 2.69. The molecule has 0 spiro atoms. The summed E-state index contributed by atoms with van der Waals surface area (Å²) < 4.78 is 26.7. The molecule has 1 aromatic rings. The van der Waals surface area contributed by atoms with Crippen LogP contribution in [0.1, 0.15) is 19.8 Å². The van der Waals surface area contributed by atoms with Gasteiger partial charge in [-0.25, -0.2) is 13.1 Å². The average molecular weight is 297 g/mol. The molecular weight excluding hydrogens is 282 g/mol. The van der Waals surface area contributed by atoms with E-state index in [1.807, 2.05) is 0 Å². The molecule has 0 fully saturated rings. The van der Waals surface area contributed by atoms with E-state index in [1.165, 1.54) is 12.1 Å². The summed E-state index contributed by atoms with van der Waals surface area (Å²) >= 11 is 0. The second kappa shape index (κ2) is 6.36. The molecule has 1 unspecified atom stereocenters. The normalized spacial score (nSPS) is 12.6. The van der Waals surface area contributed by atoms with Crippen molar-refractivity contribution in [1.29, 1.82) is 0 Å². The minimum Gasteiger partial charge on any atom is -0.393 e. The molecular formula is C12H15N3O4S. The highest BCUT2D eigenvalue weighted by molar-refractivity contribution is 7.89. The summed E-state index contributed by atoms with van der Waals surface area (Å²) in [5.41, 5.74) is 4.89. The minimum absolute atomic E-state index is 0.0929. The number of hydrogen-bond acceptors (Lipinski definition) is 5. The third-order valence-corrected chi connectivity index (χ3v) is 4.21. The van der Waals surface area contributed by atoms with Crippen LogP contribution in [0.3, 0.4) is 0 Å². The molecule has 0 amide bonds. The molecule has 0 saturated carbocycles. The van der Waals surface area contributed by atoms with E-state index in [9.17, 15) is 18.5 Å². The van der Waals surface area contributed by atoms with E-state index in [4.69, 9.17) is 12.2 Å². The predicted octanol–water partition coefficient (Wildman–Crippen LogP) is 1.26. The van der Waals surface area contributed by atoms with Crippen LogP contribution in [0, 0.1) is 22.5 Å². The summed E-state index contributed by atoms with van der Waals surface area (Å²) in [7, 11) is -3.87. The summed E-state index contributed by atoms with van der Waals surface area (Å²) in [6, 6.07) is 2.92. The highest BCUT2D eigenvalue weighted by Crippen LogP contribution is 2.25. The van der Waals surface area contributed by atoms with Crippen molar-refractivity contribution in [2.24, 2.45) is 0 Å². The van der Waals surface area contributed by atoms with Gasteiger partial charge in [0.15, 0.2) is 0 Å². The van der Waals surface area contributed by atoms with E-state index in [1.54, 1.807) is 6.92 Å². The second-order valence-corrected chi connectivity index (χ2v) is 5.83. The van der Waals surface area contributed by atoms with E-state index < -0.39 is 26.7 Å². The maximum Gasteiger partial charge on any atom is 0.293 e. The molecule has 0 heterocycles. The van der Waals surface area contributed by atoms with Crippen molar-refractivity contribution in [2.75, 3.05) is 5.73 Å². The standard InChI is InChI=1S/C12H15N3O4S/c1-3-5-9(4-2)14-20(18,19)10-6-7-11(13)12(8-10)15(16)17/h1,6-9,14H,4-5,13H2,2H3. The summed E-state index contributed by atoms with van der Waals surface area (Å²) in [6.07, 6.45) is 5.91. The van der Waals surface area contributed by atoms with Crippen LogP contribution in [0.2, 0.25) is 0 Å². The third kappa shape index (κ3) is 3.69. The maximum atomic E-state index is 12.1. The SMILES string of the molecule is C#CCC(CC)NS(=O)(=O)c1ccc(N)c([N+](=O)[O-])c1. The molecule has 108 valence electrons. The van der Waals surface area contributed by atoms with Gasteiger partial charge in [0.05, 0.1) is 9.82 Å². The number of rotatable bonds is 6. The van der Waals surface area contributed by atoms with Gasteiger partial charge in [-0.05, 0) is 18.6 Å². The first-order valence-corrected chi connectivity index (χ1v) is 7.29. The quantitative estimate of drug-likeness (QED) is 0.355. The van der Waals surface area contributed by atoms with Gasteiger partial charge in [-0.1, -0.05) is 6.92 Å². The van der Waals surface area contributed by atoms with Crippen molar-refractivity contribution >= 4 is 21.4 Å². The highest BCUT2D eigenvalue weighted by atomic mass is 32.2. The zero-order chi connectivity index (χ0) is 15.3. The van der Waals surface area contributed by atoms with Crippen molar-refractivity contribution in [3.05, 3.63) is 28.3 Å². The smallest absolute Gasteiger partial charge is 0.293 e. The molecule has 0 saturated heterocycles. The van der Waals surface area contributed by atoms with Crippen LogP contribution in [0.25, 0.3) is 0 Å². The van der Waals surface area contributed by atoms with Crippen LogP contribution in [-0.2, 0) is 10.0 Å². The monoisotopic (exact) mass is 297 g/mol. The molecule has 20 heavy (non-hydrogen) atoms. The fraction of sp³-hybridized carbons (Fsp3) is 0.333. The summed E-state index contributed by atoms with van der Waals surface area (Å²) in [6.45, 7) is 1.79. The number of nitrogens with two attached hydrogens (primary N) is 1. The second-order valence-electron chi connectivity index (χ2n) is 4.11. The van der Waals surface area contributed by atoms with Crippen molar-refractivity contribution in [3.63, 3.8) is 0 Å². The van der Waals surface area contributed by atoms with Crippen LogP contribution in [-0.4, -0.2) is 19.4 Å². The molecule has 1 aromatic carbocycles. The Hall–Kier alpha value is -2.11. The number of nitrogens with zero attached hydrogens (tertiary/aromatic N) is 1. The van der Waals surface area contributed by atoms with Crippen molar-refractivity contribution in [3.8, 4) is 12.3 Å². The fourth-order valence-corrected chi connectivity index (χ4v) is 2.89. The van der Waals surface area contributed by atoms with Crippen molar-refractivity contribution in [2.45, 2.75) is 30.7 Å². The van der Waals surface area contributed by atoms with Gasteiger partial charge in [-0.15, -0.1) is 12.3 Å². The average Bonchev–Trinajstić information content (AvgIpc) is 2.37. The molecule has 0 aromatic heterocycles. The van der Waals surface area contributed by atoms with Crippen LogP contribution >= 0.6 is 0 Å². The fourth-order valence-electron chi connectivity index (χ4n) is 1.55. The van der Waals surface area contributed by atoms with Crippen molar-refractivity contribution in [1.82, 2.24) is 4.72 Å². The Morgan fingerprint density at radius 2 is 2.20 bits per heavy atom. The summed E-state index contributed by atoms with van der Waals surface area (Å²) in [4.78, 5) is 9.82. The van der Waals surface area contributed by atoms with Gasteiger partial charge in [-0.3, -0.25) is 10.1 Å². The van der Waals surface area contributed by atoms with Gasteiger partial charge in [0.2, 0.25) is 10.0 Å². The number of hydrogen-bond donors (Lipinski definition) is 2. The Kier molecular flexibility index (Phi) is 5.07. The Bertz CT molecular complexity index is 649. The molecule has 0 radical (unpaired) electrons. The van der Waals surface area contributed by atoms with Gasteiger partial charge in [0.1, 0.15) is 5.69 Å². The maximum absolute atomic E-state index is 12.1. The number of nitrogens with one attached hydrogen (secondary N) is 1. The number of nitro groups is 1. The lowest BCUT2D eigenvalue weighted by molar-refractivity contribution is -0.384. The van der Waals surface area contributed by atoms with Gasteiger partial charge in [-0.2, -0.15) is 0 Å². The number of nitro benzene ring substituents is 1. The Morgan fingerprint density at radius 1 is 1.55 bits per heavy atom. The zero-order valence-electron chi connectivity index (χ0n) is 10.9. The zero-order valence-corrected chi connectivity index (χ0v) is 11.7. The molecule has 3 N–H and O–H groups in total. The highest BCUT2D eigenvalue weighted by Gasteiger charge is 2.22. The predicted molar refractivity (Wildman–Crippen MR) is 75.4 cm³/mol. The summed E-state index contributed by atoms with van der Waals surface area (Å²) in [5.74, 6) is 2.38. The van der Waals surface area contributed by atoms with Crippen LogP contribution in [0.4, 0.5) is 11.4 Å². The number of anilines is 1. The first-order chi connectivity index (χ1) is 9.31. The lowest BCUT2D eigenvalue weighted by Gasteiger charge is -2.14. The van der Waals surface area contributed by atoms with Crippen molar-refractivity contribution < 1.29 is 13.3 Å². The first kappa shape index (κ1) is 15.9. The van der Waals surface area contributed by atoms with Gasteiger partial charge in [0.25, 0.3) is 5.69 Å². The van der Waals surface area contributed by atoms with E-state index in [2.05, 4.69) is 10.6 Å². The first-order valence-electron chi connectivity index (χ1n) is 5.81. The van der Waals surface area contributed by atoms with Gasteiger partial charge in [0, 0.05) is 18.5 Å². The van der Waals surface area contributed by atoms with E-state index >= 15 is 0 Å². The van der Waals surface area contributed by atoms with E-state index in [-0.39, 0.29) is 17.0 Å². The van der Waals surface area contributed by atoms with E-state index in [0.717, 1.165) is 6.07 Å². The van der Waals surface area contributed by atoms with Gasteiger partial charge < -0.3 is 5.73 Å². The van der Waals surface area contributed by atoms with Crippen LogP contribution in [0.5, 0.6) is 0 Å². The Balaban J connectivity index is 3.13. The summed E-state index contributed by atoms with van der Waals surface area (Å²) in [5, 5.41) is 10.8. The molecule has 1 atom stereocenters. The Morgan fingerprint density at radius 3 is 2.70 bits per heavy atom. The van der Waals surface area contributed by atoms with Crippen LogP contribution < -0.4 is 10.5 Å². The molecule has 7 nitrogen and oxygen atoms in total. The molecule has 0 aliphatic rings.